The number of anilines is 1. The van der Waals surface area contributed by atoms with E-state index in [0.717, 1.165) is 12.2 Å². The van der Waals surface area contributed by atoms with Crippen molar-refractivity contribution >= 4 is 5.69 Å². The highest BCUT2D eigenvalue weighted by atomic mass is 15.2. The van der Waals surface area contributed by atoms with Crippen LogP contribution in [0, 0.1) is 6.92 Å². The Balaban J connectivity index is 2.20. The molecule has 0 aromatic carbocycles. The van der Waals surface area contributed by atoms with Gasteiger partial charge in [-0.3, -0.25) is 5.10 Å². The van der Waals surface area contributed by atoms with E-state index in [2.05, 4.69) is 34.4 Å². The van der Waals surface area contributed by atoms with Gasteiger partial charge in [-0.25, -0.2) is 0 Å². The average molecular weight is 208 g/mol. The summed E-state index contributed by atoms with van der Waals surface area (Å²) in [6.07, 6.45) is 2.53. The fourth-order valence-corrected chi connectivity index (χ4v) is 2.45. The molecule has 0 radical (unpaired) electrons. The highest BCUT2D eigenvalue weighted by molar-refractivity contribution is 5.53. The quantitative estimate of drug-likeness (QED) is 0.775. The van der Waals surface area contributed by atoms with Crippen LogP contribution in [0.2, 0.25) is 0 Å². The number of likely N-dealkylation sites (N-methyl/N-ethyl adjacent to an activating group) is 1. The SMILES string of the molecule is CNc1c(C2CCCN(C)C2)n[nH]c1C. The van der Waals surface area contributed by atoms with Crippen LogP contribution in [0.25, 0.3) is 0 Å². The first-order chi connectivity index (χ1) is 7.22. The van der Waals surface area contributed by atoms with Crippen molar-refractivity contribution in [2.45, 2.75) is 25.7 Å². The minimum absolute atomic E-state index is 0.580. The van der Waals surface area contributed by atoms with E-state index in [-0.39, 0.29) is 0 Å². The second kappa shape index (κ2) is 4.23. The van der Waals surface area contributed by atoms with E-state index in [1.165, 1.54) is 30.8 Å². The molecule has 84 valence electrons. The van der Waals surface area contributed by atoms with Gasteiger partial charge in [-0.15, -0.1) is 0 Å². The standard InChI is InChI=1S/C11H20N4/c1-8-10(12-2)11(14-13-8)9-5-4-6-15(3)7-9/h9,12H,4-7H2,1-3H3,(H,13,14). The third kappa shape index (κ3) is 2.00. The Bertz CT molecular complexity index is 331. The molecule has 1 aliphatic heterocycles. The Morgan fingerprint density at radius 3 is 3.00 bits per heavy atom. The van der Waals surface area contributed by atoms with Crippen molar-refractivity contribution in [3.63, 3.8) is 0 Å². The number of H-pyrrole nitrogens is 1. The van der Waals surface area contributed by atoms with E-state index in [4.69, 9.17) is 0 Å². The maximum absolute atomic E-state index is 4.43. The second-order valence-electron chi connectivity index (χ2n) is 4.46. The Morgan fingerprint density at radius 2 is 2.33 bits per heavy atom. The van der Waals surface area contributed by atoms with Crippen LogP contribution < -0.4 is 5.32 Å². The van der Waals surface area contributed by atoms with Crippen LogP contribution >= 0.6 is 0 Å². The van der Waals surface area contributed by atoms with E-state index in [1.807, 2.05) is 7.05 Å². The number of hydrogen-bond acceptors (Lipinski definition) is 3. The Morgan fingerprint density at radius 1 is 1.53 bits per heavy atom. The summed E-state index contributed by atoms with van der Waals surface area (Å²) in [7, 11) is 4.15. The van der Waals surface area contributed by atoms with E-state index >= 15 is 0 Å². The lowest BCUT2D eigenvalue weighted by atomic mass is 9.94. The number of nitrogens with one attached hydrogen (secondary N) is 2. The summed E-state index contributed by atoms with van der Waals surface area (Å²) in [6.45, 7) is 4.41. The summed E-state index contributed by atoms with van der Waals surface area (Å²) in [5.74, 6) is 0.580. The zero-order valence-electron chi connectivity index (χ0n) is 9.80. The summed E-state index contributed by atoms with van der Waals surface area (Å²) < 4.78 is 0. The molecule has 1 saturated heterocycles. The summed E-state index contributed by atoms with van der Waals surface area (Å²) in [4.78, 5) is 2.39. The first-order valence-corrected chi connectivity index (χ1v) is 5.63. The van der Waals surface area contributed by atoms with E-state index in [9.17, 15) is 0 Å². The highest BCUT2D eigenvalue weighted by Crippen LogP contribution is 2.31. The molecule has 0 amide bonds. The number of rotatable bonds is 2. The molecule has 0 bridgehead atoms. The number of piperidine rings is 1. The Kier molecular flexibility index (Phi) is 2.95. The van der Waals surface area contributed by atoms with Gasteiger partial charge in [-0.05, 0) is 33.4 Å². The van der Waals surface area contributed by atoms with Crippen molar-refractivity contribution in [2.75, 3.05) is 32.5 Å². The summed E-state index contributed by atoms with van der Waals surface area (Å²) >= 11 is 0. The maximum Gasteiger partial charge on any atom is 0.0899 e. The Labute approximate surface area is 91.1 Å². The lowest BCUT2D eigenvalue weighted by molar-refractivity contribution is 0.248. The molecule has 2 N–H and O–H groups in total. The first kappa shape index (κ1) is 10.5. The fraction of sp³-hybridized carbons (Fsp3) is 0.727. The molecule has 4 heteroatoms. The number of aromatic amines is 1. The monoisotopic (exact) mass is 208 g/mol. The van der Waals surface area contributed by atoms with Crippen molar-refractivity contribution < 1.29 is 0 Å². The van der Waals surface area contributed by atoms with Gasteiger partial charge < -0.3 is 10.2 Å². The molecule has 2 heterocycles. The highest BCUT2D eigenvalue weighted by Gasteiger charge is 2.24. The predicted octanol–water partition coefficient (Wildman–Crippen LogP) is 1.57. The largest absolute Gasteiger partial charge is 0.385 e. The summed E-state index contributed by atoms with van der Waals surface area (Å²) in [6, 6.07) is 0. The van der Waals surface area contributed by atoms with Gasteiger partial charge in [0.05, 0.1) is 17.1 Å². The number of hydrogen-bond donors (Lipinski definition) is 2. The van der Waals surface area contributed by atoms with Gasteiger partial charge in [0.15, 0.2) is 0 Å². The van der Waals surface area contributed by atoms with Gasteiger partial charge in [-0.2, -0.15) is 5.10 Å². The molecule has 1 fully saturated rings. The van der Waals surface area contributed by atoms with Crippen LogP contribution in [-0.4, -0.2) is 42.3 Å². The minimum atomic E-state index is 0.580. The molecule has 0 spiro atoms. The van der Waals surface area contributed by atoms with Crippen molar-refractivity contribution in [3.05, 3.63) is 11.4 Å². The average Bonchev–Trinajstić information content (AvgIpc) is 2.59. The van der Waals surface area contributed by atoms with E-state index in [1.54, 1.807) is 0 Å². The minimum Gasteiger partial charge on any atom is -0.385 e. The fourth-order valence-electron chi connectivity index (χ4n) is 2.45. The lowest BCUT2D eigenvalue weighted by Gasteiger charge is -2.29. The van der Waals surface area contributed by atoms with Crippen molar-refractivity contribution in [1.29, 1.82) is 0 Å². The van der Waals surface area contributed by atoms with Gasteiger partial charge in [0.2, 0.25) is 0 Å². The van der Waals surface area contributed by atoms with Gasteiger partial charge >= 0.3 is 0 Å². The molecule has 15 heavy (non-hydrogen) atoms. The summed E-state index contributed by atoms with van der Waals surface area (Å²) in [5.41, 5.74) is 3.54. The van der Waals surface area contributed by atoms with Gasteiger partial charge in [-0.1, -0.05) is 0 Å². The molecule has 4 nitrogen and oxygen atoms in total. The van der Waals surface area contributed by atoms with E-state index in [0.29, 0.717) is 5.92 Å². The third-order valence-corrected chi connectivity index (χ3v) is 3.24. The van der Waals surface area contributed by atoms with Crippen molar-refractivity contribution in [2.24, 2.45) is 0 Å². The molecule has 1 atom stereocenters. The predicted molar refractivity (Wildman–Crippen MR) is 62.3 cm³/mol. The number of likely N-dealkylation sites (tertiary alicyclic amines) is 1. The van der Waals surface area contributed by atoms with Crippen LogP contribution in [0.15, 0.2) is 0 Å². The topological polar surface area (TPSA) is 44.0 Å². The van der Waals surface area contributed by atoms with Crippen LogP contribution in [0.5, 0.6) is 0 Å². The zero-order chi connectivity index (χ0) is 10.8. The molecule has 1 aliphatic rings. The third-order valence-electron chi connectivity index (χ3n) is 3.24. The van der Waals surface area contributed by atoms with Crippen LogP contribution in [0.3, 0.4) is 0 Å². The maximum atomic E-state index is 4.43. The number of aryl methyl sites for hydroxylation is 1. The van der Waals surface area contributed by atoms with E-state index < -0.39 is 0 Å². The first-order valence-electron chi connectivity index (χ1n) is 5.63. The van der Waals surface area contributed by atoms with Crippen LogP contribution in [0.1, 0.15) is 30.1 Å². The summed E-state index contributed by atoms with van der Waals surface area (Å²) in [5, 5.41) is 10.7. The van der Waals surface area contributed by atoms with Crippen LogP contribution in [0.4, 0.5) is 5.69 Å². The molecular weight excluding hydrogens is 188 g/mol. The van der Waals surface area contributed by atoms with Crippen LogP contribution in [-0.2, 0) is 0 Å². The smallest absolute Gasteiger partial charge is 0.0899 e. The van der Waals surface area contributed by atoms with Gasteiger partial charge in [0.25, 0.3) is 0 Å². The Hall–Kier alpha value is -1.03. The lowest BCUT2D eigenvalue weighted by Crippen LogP contribution is -2.31. The van der Waals surface area contributed by atoms with Crippen molar-refractivity contribution in [3.8, 4) is 0 Å². The number of nitrogens with zero attached hydrogens (tertiary/aromatic N) is 2. The molecule has 1 unspecified atom stereocenters. The molecule has 1 aromatic rings. The number of aromatic nitrogens is 2. The van der Waals surface area contributed by atoms with Gasteiger partial charge in [0, 0.05) is 19.5 Å². The molecule has 1 aromatic heterocycles. The second-order valence-corrected chi connectivity index (χ2v) is 4.46. The molecule has 0 aliphatic carbocycles. The molecule has 2 rings (SSSR count). The zero-order valence-corrected chi connectivity index (χ0v) is 9.80. The molecular formula is C11H20N4. The normalized spacial score (nSPS) is 23.0. The van der Waals surface area contributed by atoms with Gasteiger partial charge in [0.1, 0.15) is 0 Å². The van der Waals surface area contributed by atoms with Crippen molar-refractivity contribution in [1.82, 2.24) is 15.1 Å². The molecule has 0 saturated carbocycles.